The highest BCUT2D eigenvalue weighted by molar-refractivity contribution is 6.04. The molecule has 6 heteroatoms. The molecule has 0 aliphatic heterocycles. The quantitative estimate of drug-likeness (QED) is 0.805. The average molecular weight is 293 g/mol. The molecule has 0 bridgehead atoms. The first-order valence-corrected chi connectivity index (χ1v) is 6.84. The van der Waals surface area contributed by atoms with E-state index in [0.29, 0.717) is 17.2 Å². The van der Waals surface area contributed by atoms with E-state index < -0.39 is 0 Å². The molecule has 0 spiro atoms. The molecule has 2 aromatic heterocycles. The Morgan fingerprint density at radius 2 is 1.91 bits per heavy atom. The van der Waals surface area contributed by atoms with Crippen LogP contribution in [-0.4, -0.2) is 25.7 Å². The van der Waals surface area contributed by atoms with E-state index in [9.17, 15) is 4.79 Å². The third-order valence-electron chi connectivity index (χ3n) is 3.37. The number of rotatable bonds is 3. The molecule has 1 aromatic carbocycles. The van der Waals surface area contributed by atoms with Crippen LogP contribution in [0.25, 0.3) is 5.95 Å². The van der Waals surface area contributed by atoms with Crippen molar-refractivity contribution in [1.82, 2.24) is 19.7 Å². The van der Waals surface area contributed by atoms with Gasteiger partial charge >= 0.3 is 0 Å². The molecule has 2 heterocycles. The van der Waals surface area contributed by atoms with Gasteiger partial charge in [0.25, 0.3) is 11.9 Å². The van der Waals surface area contributed by atoms with Gasteiger partial charge in [-0.15, -0.1) is 0 Å². The Kier molecular flexibility index (Phi) is 3.65. The lowest BCUT2D eigenvalue weighted by Gasteiger charge is -2.07. The topological polar surface area (TPSA) is 72.7 Å². The van der Waals surface area contributed by atoms with Gasteiger partial charge in [0.2, 0.25) is 0 Å². The highest BCUT2D eigenvalue weighted by Crippen LogP contribution is 2.12. The largest absolute Gasteiger partial charge is 0.319 e. The van der Waals surface area contributed by atoms with Gasteiger partial charge in [-0.05, 0) is 43.2 Å². The van der Waals surface area contributed by atoms with E-state index in [2.05, 4.69) is 20.4 Å². The second kappa shape index (κ2) is 5.77. The summed E-state index contributed by atoms with van der Waals surface area (Å²) in [6.45, 7) is 3.99. The average Bonchev–Trinajstić information content (AvgIpc) is 3.05. The Labute approximate surface area is 127 Å². The van der Waals surface area contributed by atoms with Crippen molar-refractivity contribution in [3.63, 3.8) is 0 Å². The fourth-order valence-electron chi connectivity index (χ4n) is 1.98. The molecule has 6 nitrogen and oxygen atoms in total. The van der Waals surface area contributed by atoms with Crippen molar-refractivity contribution < 1.29 is 4.79 Å². The highest BCUT2D eigenvalue weighted by Gasteiger charge is 2.08. The number of aryl methyl sites for hydroxylation is 2. The molecule has 3 aromatic rings. The molecule has 0 aliphatic carbocycles. The number of hydrogen-bond acceptors (Lipinski definition) is 4. The van der Waals surface area contributed by atoms with Crippen molar-refractivity contribution in [3.05, 3.63) is 65.7 Å². The summed E-state index contributed by atoms with van der Waals surface area (Å²) in [7, 11) is 0. The Morgan fingerprint density at radius 3 is 2.55 bits per heavy atom. The van der Waals surface area contributed by atoms with Crippen LogP contribution in [0.1, 0.15) is 21.5 Å². The number of amides is 1. The zero-order chi connectivity index (χ0) is 15.5. The SMILES string of the molecule is Cc1ccc(C(=O)Nc2cnc(-n3cccn3)nc2)cc1C. The summed E-state index contributed by atoms with van der Waals surface area (Å²) in [6.07, 6.45) is 6.52. The maximum absolute atomic E-state index is 12.2. The van der Waals surface area contributed by atoms with Crippen molar-refractivity contribution in [2.75, 3.05) is 5.32 Å². The van der Waals surface area contributed by atoms with Gasteiger partial charge in [0.05, 0.1) is 18.1 Å². The van der Waals surface area contributed by atoms with Gasteiger partial charge in [0.15, 0.2) is 0 Å². The summed E-state index contributed by atoms with van der Waals surface area (Å²) in [6, 6.07) is 7.39. The number of benzene rings is 1. The Hall–Kier alpha value is -3.02. The number of nitrogens with one attached hydrogen (secondary N) is 1. The van der Waals surface area contributed by atoms with Gasteiger partial charge in [-0.25, -0.2) is 14.6 Å². The van der Waals surface area contributed by atoms with Gasteiger partial charge in [0, 0.05) is 18.0 Å². The van der Waals surface area contributed by atoms with Gasteiger partial charge in [-0.2, -0.15) is 5.10 Å². The van der Waals surface area contributed by atoms with Crippen LogP contribution in [0, 0.1) is 13.8 Å². The van der Waals surface area contributed by atoms with Crippen LogP contribution in [0.15, 0.2) is 49.1 Å². The fourth-order valence-corrected chi connectivity index (χ4v) is 1.98. The molecule has 3 rings (SSSR count). The number of carbonyl (C=O) groups excluding carboxylic acids is 1. The second-order valence-corrected chi connectivity index (χ2v) is 4.98. The summed E-state index contributed by atoms with van der Waals surface area (Å²) >= 11 is 0. The van der Waals surface area contributed by atoms with E-state index in [4.69, 9.17) is 0 Å². The Balaban J connectivity index is 1.75. The molecule has 1 N–H and O–H groups in total. The minimum Gasteiger partial charge on any atom is -0.319 e. The number of aromatic nitrogens is 4. The number of carbonyl (C=O) groups is 1. The van der Waals surface area contributed by atoms with Crippen LogP contribution >= 0.6 is 0 Å². The number of nitrogens with zero attached hydrogens (tertiary/aromatic N) is 4. The van der Waals surface area contributed by atoms with Gasteiger partial charge < -0.3 is 5.32 Å². The molecule has 0 aliphatic rings. The molecule has 1 amide bonds. The fraction of sp³-hybridized carbons (Fsp3) is 0.125. The zero-order valence-corrected chi connectivity index (χ0v) is 12.3. The minimum atomic E-state index is -0.182. The smallest absolute Gasteiger partial charge is 0.255 e. The van der Waals surface area contributed by atoms with Crippen molar-refractivity contribution in [2.24, 2.45) is 0 Å². The first-order chi connectivity index (χ1) is 10.6. The highest BCUT2D eigenvalue weighted by atomic mass is 16.1. The summed E-state index contributed by atoms with van der Waals surface area (Å²) in [5, 5.41) is 6.83. The maximum Gasteiger partial charge on any atom is 0.255 e. The normalized spacial score (nSPS) is 10.5. The maximum atomic E-state index is 12.2. The van der Waals surface area contributed by atoms with E-state index >= 15 is 0 Å². The first-order valence-electron chi connectivity index (χ1n) is 6.84. The molecule has 0 saturated heterocycles. The van der Waals surface area contributed by atoms with Crippen molar-refractivity contribution in [2.45, 2.75) is 13.8 Å². The van der Waals surface area contributed by atoms with E-state index in [-0.39, 0.29) is 5.91 Å². The van der Waals surface area contributed by atoms with Gasteiger partial charge in [-0.1, -0.05) is 6.07 Å². The standard InChI is InChI=1S/C16H15N5O/c1-11-4-5-13(8-12(11)2)15(22)20-14-9-17-16(18-10-14)21-7-3-6-19-21/h3-10H,1-2H3,(H,20,22). The third-order valence-corrected chi connectivity index (χ3v) is 3.37. The van der Waals surface area contributed by atoms with Crippen LogP contribution in [-0.2, 0) is 0 Å². The second-order valence-electron chi connectivity index (χ2n) is 4.98. The van der Waals surface area contributed by atoms with Crippen LogP contribution in [0.4, 0.5) is 5.69 Å². The van der Waals surface area contributed by atoms with Crippen LogP contribution in [0.2, 0.25) is 0 Å². The lowest BCUT2D eigenvalue weighted by Crippen LogP contribution is -2.13. The molecule has 22 heavy (non-hydrogen) atoms. The van der Waals surface area contributed by atoms with Crippen LogP contribution in [0.3, 0.4) is 0 Å². The van der Waals surface area contributed by atoms with Crippen LogP contribution in [0.5, 0.6) is 0 Å². The number of anilines is 1. The molecular weight excluding hydrogens is 278 g/mol. The third kappa shape index (κ3) is 2.85. The molecule has 0 saturated carbocycles. The van der Waals surface area contributed by atoms with E-state index in [1.54, 1.807) is 41.6 Å². The molecule has 0 atom stereocenters. The molecule has 0 radical (unpaired) electrons. The zero-order valence-electron chi connectivity index (χ0n) is 12.3. The first kappa shape index (κ1) is 13.9. The predicted octanol–water partition coefficient (Wildman–Crippen LogP) is 2.53. The van der Waals surface area contributed by atoms with E-state index in [0.717, 1.165) is 11.1 Å². The molecular formula is C16H15N5O. The van der Waals surface area contributed by atoms with Crippen LogP contribution < -0.4 is 5.32 Å². The Morgan fingerprint density at radius 1 is 1.14 bits per heavy atom. The van der Waals surface area contributed by atoms with Crippen molar-refractivity contribution in [3.8, 4) is 5.95 Å². The van der Waals surface area contributed by atoms with E-state index in [1.807, 2.05) is 26.0 Å². The lowest BCUT2D eigenvalue weighted by atomic mass is 10.1. The molecule has 110 valence electrons. The lowest BCUT2D eigenvalue weighted by molar-refractivity contribution is 0.102. The van der Waals surface area contributed by atoms with Gasteiger partial charge in [0.1, 0.15) is 0 Å². The molecule has 0 unspecified atom stereocenters. The van der Waals surface area contributed by atoms with Gasteiger partial charge in [-0.3, -0.25) is 4.79 Å². The van der Waals surface area contributed by atoms with E-state index in [1.165, 1.54) is 0 Å². The summed E-state index contributed by atoms with van der Waals surface area (Å²) in [5.74, 6) is 0.271. The van der Waals surface area contributed by atoms with Crippen molar-refractivity contribution >= 4 is 11.6 Å². The van der Waals surface area contributed by atoms with Crippen molar-refractivity contribution in [1.29, 1.82) is 0 Å². The number of hydrogen-bond donors (Lipinski definition) is 1. The predicted molar refractivity (Wildman–Crippen MR) is 83.0 cm³/mol. The summed E-state index contributed by atoms with van der Waals surface area (Å²) in [5.41, 5.74) is 3.39. The Bertz CT molecular complexity index is 794. The summed E-state index contributed by atoms with van der Waals surface area (Å²) < 4.78 is 1.55. The summed E-state index contributed by atoms with van der Waals surface area (Å²) in [4.78, 5) is 20.6. The monoisotopic (exact) mass is 293 g/mol. The minimum absolute atomic E-state index is 0.182. The molecule has 0 fully saturated rings.